The highest BCUT2D eigenvalue weighted by molar-refractivity contribution is 6.10. The summed E-state index contributed by atoms with van der Waals surface area (Å²) < 4.78 is 13.1. The van der Waals surface area contributed by atoms with E-state index in [9.17, 15) is 9.59 Å². The molecule has 2 aliphatic heterocycles. The highest BCUT2D eigenvalue weighted by atomic mass is 16.8. The third-order valence-corrected chi connectivity index (χ3v) is 6.41. The van der Waals surface area contributed by atoms with Crippen LogP contribution in [0.5, 0.6) is 0 Å². The van der Waals surface area contributed by atoms with Crippen molar-refractivity contribution in [2.24, 2.45) is 10.8 Å². The van der Waals surface area contributed by atoms with E-state index in [2.05, 4.69) is 20.8 Å². The van der Waals surface area contributed by atoms with E-state index < -0.39 is 17.5 Å². The second kappa shape index (κ2) is 6.73. The molecule has 2 bridgehead atoms. The van der Waals surface area contributed by atoms with Gasteiger partial charge in [-0.1, -0.05) is 78.0 Å². The molecule has 1 spiro atoms. The molecule has 30 heavy (non-hydrogen) atoms. The van der Waals surface area contributed by atoms with Gasteiger partial charge in [0.15, 0.2) is 29.1 Å². The third-order valence-electron chi connectivity index (χ3n) is 6.41. The van der Waals surface area contributed by atoms with Crippen LogP contribution in [0.4, 0.5) is 0 Å². The van der Waals surface area contributed by atoms with Crippen molar-refractivity contribution in [3.05, 3.63) is 59.2 Å². The van der Waals surface area contributed by atoms with E-state index in [4.69, 9.17) is 9.47 Å². The number of rotatable bonds is 1. The molecule has 3 atom stereocenters. The summed E-state index contributed by atoms with van der Waals surface area (Å²) >= 11 is 0. The molecule has 4 nitrogen and oxygen atoms in total. The molecule has 1 aromatic carbocycles. The average Bonchev–Trinajstić information content (AvgIpc) is 2.88. The van der Waals surface area contributed by atoms with Gasteiger partial charge in [-0.05, 0) is 28.9 Å². The van der Waals surface area contributed by atoms with Gasteiger partial charge in [-0.25, -0.2) is 0 Å². The van der Waals surface area contributed by atoms with Crippen molar-refractivity contribution in [2.75, 3.05) is 0 Å². The number of hydrogen-bond acceptors (Lipinski definition) is 4. The van der Waals surface area contributed by atoms with Crippen molar-refractivity contribution in [1.29, 1.82) is 0 Å². The van der Waals surface area contributed by atoms with E-state index in [-0.39, 0.29) is 22.4 Å². The molecule has 3 aliphatic rings. The van der Waals surface area contributed by atoms with Crippen molar-refractivity contribution >= 4 is 11.6 Å². The zero-order valence-electron chi connectivity index (χ0n) is 18.9. The Morgan fingerprint density at radius 2 is 1.63 bits per heavy atom. The number of benzene rings is 1. The Morgan fingerprint density at radius 1 is 0.967 bits per heavy atom. The minimum atomic E-state index is -1.42. The lowest BCUT2D eigenvalue weighted by atomic mass is 9.68. The van der Waals surface area contributed by atoms with Crippen LogP contribution in [-0.4, -0.2) is 23.3 Å². The molecule has 2 heterocycles. The van der Waals surface area contributed by atoms with E-state index >= 15 is 0 Å². The minimum absolute atomic E-state index is 0.0571. The number of carbonyl (C=O) groups excluding carboxylic acids is 2. The molecule has 0 saturated carbocycles. The number of carbonyl (C=O) groups is 2. The van der Waals surface area contributed by atoms with Crippen LogP contribution in [0.25, 0.3) is 0 Å². The fraction of sp³-hybridized carbons (Fsp3) is 0.538. The molecule has 4 rings (SSSR count). The maximum absolute atomic E-state index is 14.0. The molecule has 0 amide bonds. The predicted molar refractivity (Wildman–Crippen MR) is 116 cm³/mol. The molecule has 0 aromatic heterocycles. The highest BCUT2D eigenvalue weighted by Crippen LogP contribution is 2.54. The SMILES string of the molecule is CC(C)(C)C1=CC2(OC3(c4ccccc4)CCCC(=O)C2O3)C(=O)C(C(C)(C)C)=C1. The molecule has 4 heteroatoms. The van der Waals surface area contributed by atoms with Gasteiger partial charge >= 0.3 is 0 Å². The van der Waals surface area contributed by atoms with Gasteiger partial charge in [-0.15, -0.1) is 0 Å². The number of fused-ring (bicyclic) bond motifs is 3. The lowest BCUT2D eigenvalue weighted by Crippen LogP contribution is -2.54. The van der Waals surface area contributed by atoms with E-state index in [0.717, 1.165) is 11.1 Å². The molecule has 1 aromatic rings. The summed E-state index contributed by atoms with van der Waals surface area (Å²) in [5.74, 6) is -1.30. The molecule has 0 N–H and O–H groups in total. The summed E-state index contributed by atoms with van der Waals surface area (Å²) in [5.41, 5.74) is 0.524. The lowest BCUT2D eigenvalue weighted by Gasteiger charge is -2.40. The largest absolute Gasteiger partial charge is 0.331 e. The summed E-state index contributed by atoms with van der Waals surface area (Å²) in [6, 6.07) is 9.71. The van der Waals surface area contributed by atoms with Crippen LogP contribution >= 0.6 is 0 Å². The first kappa shape index (κ1) is 21.2. The second-order valence-electron chi connectivity index (χ2n) is 10.8. The van der Waals surface area contributed by atoms with E-state index in [1.54, 1.807) is 0 Å². The van der Waals surface area contributed by atoms with Crippen molar-refractivity contribution in [3.8, 4) is 0 Å². The first-order valence-corrected chi connectivity index (χ1v) is 10.9. The van der Waals surface area contributed by atoms with E-state index in [1.165, 1.54) is 0 Å². The maximum Gasteiger partial charge on any atom is 0.198 e. The van der Waals surface area contributed by atoms with Gasteiger partial charge in [0.05, 0.1) is 0 Å². The topological polar surface area (TPSA) is 52.6 Å². The van der Waals surface area contributed by atoms with Crippen molar-refractivity contribution in [2.45, 2.75) is 78.3 Å². The van der Waals surface area contributed by atoms with Crippen LogP contribution in [-0.2, 0) is 24.8 Å². The van der Waals surface area contributed by atoms with Gasteiger partial charge in [0.2, 0.25) is 0 Å². The molecule has 2 saturated heterocycles. The summed E-state index contributed by atoms with van der Waals surface area (Å²) in [7, 11) is 0. The lowest BCUT2D eigenvalue weighted by molar-refractivity contribution is -0.196. The molecular formula is C26H32O4. The summed E-state index contributed by atoms with van der Waals surface area (Å²) in [4.78, 5) is 27.1. The highest BCUT2D eigenvalue weighted by Gasteiger charge is 2.65. The quantitative estimate of drug-likeness (QED) is 0.635. The zero-order valence-corrected chi connectivity index (χ0v) is 18.9. The number of ether oxygens (including phenoxy) is 2. The van der Waals surface area contributed by atoms with Crippen LogP contribution in [0.15, 0.2) is 53.6 Å². The van der Waals surface area contributed by atoms with Crippen molar-refractivity contribution in [3.63, 3.8) is 0 Å². The Morgan fingerprint density at radius 3 is 2.23 bits per heavy atom. The van der Waals surface area contributed by atoms with Gasteiger partial charge < -0.3 is 9.47 Å². The Hall–Kier alpha value is -2.04. The van der Waals surface area contributed by atoms with Crippen LogP contribution in [0, 0.1) is 10.8 Å². The van der Waals surface area contributed by atoms with Crippen LogP contribution in [0.3, 0.4) is 0 Å². The summed E-state index contributed by atoms with van der Waals surface area (Å²) in [5, 5.41) is 0. The minimum Gasteiger partial charge on any atom is -0.331 e. The van der Waals surface area contributed by atoms with Gasteiger partial charge in [0, 0.05) is 24.0 Å². The first-order chi connectivity index (χ1) is 13.9. The smallest absolute Gasteiger partial charge is 0.198 e. The molecule has 0 radical (unpaired) electrons. The average molecular weight is 409 g/mol. The second-order valence-corrected chi connectivity index (χ2v) is 10.8. The zero-order chi connectivity index (χ0) is 21.9. The fourth-order valence-corrected chi connectivity index (χ4v) is 4.66. The van der Waals surface area contributed by atoms with Gasteiger partial charge in [0.1, 0.15) is 0 Å². The summed E-state index contributed by atoms with van der Waals surface area (Å²) in [6.07, 6.45) is 4.55. The predicted octanol–water partition coefficient (Wildman–Crippen LogP) is 5.27. The van der Waals surface area contributed by atoms with Gasteiger partial charge in [-0.3, -0.25) is 9.59 Å². The molecule has 3 unspecified atom stereocenters. The van der Waals surface area contributed by atoms with Crippen molar-refractivity contribution in [1.82, 2.24) is 0 Å². The molecular weight excluding hydrogens is 376 g/mol. The van der Waals surface area contributed by atoms with Gasteiger partial charge in [-0.2, -0.15) is 0 Å². The Balaban J connectivity index is 1.94. The fourth-order valence-electron chi connectivity index (χ4n) is 4.66. The standard InChI is InChI=1S/C26H32O4/c1-23(2,3)18-15-19(24(4,5)6)21(28)25(16-18)22-20(27)13-10-14-26(29-22,30-25)17-11-8-7-9-12-17/h7-9,11-12,15-16,22H,10,13-14H2,1-6H3. The Bertz CT molecular complexity index is 941. The van der Waals surface area contributed by atoms with E-state index in [1.807, 2.05) is 63.3 Å². The Labute approximate surface area is 179 Å². The van der Waals surface area contributed by atoms with Crippen LogP contribution in [0.1, 0.15) is 66.4 Å². The molecule has 2 fully saturated rings. The van der Waals surface area contributed by atoms with Crippen LogP contribution < -0.4 is 0 Å². The van der Waals surface area contributed by atoms with E-state index in [0.29, 0.717) is 24.8 Å². The number of ketones is 2. The van der Waals surface area contributed by atoms with Crippen LogP contribution in [0.2, 0.25) is 0 Å². The Kier molecular flexibility index (Phi) is 4.76. The van der Waals surface area contributed by atoms with Crippen molar-refractivity contribution < 1.29 is 19.1 Å². The van der Waals surface area contributed by atoms with Gasteiger partial charge in [0.25, 0.3) is 0 Å². The number of allylic oxidation sites excluding steroid dienone is 2. The maximum atomic E-state index is 14.0. The number of Topliss-reactive ketones (excluding diaryl/α,β-unsaturated/α-hetero) is 2. The number of hydrogen-bond donors (Lipinski definition) is 0. The molecule has 1 aliphatic carbocycles. The third kappa shape index (κ3) is 3.21. The monoisotopic (exact) mass is 408 g/mol. The molecule has 160 valence electrons. The normalized spacial score (nSPS) is 32.1. The first-order valence-electron chi connectivity index (χ1n) is 10.9. The summed E-state index contributed by atoms with van der Waals surface area (Å²) in [6.45, 7) is 12.4.